The average molecular weight is 439 g/mol. The minimum Gasteiger partial charge on any atom is -0.456 e. The quantitative estimate of drug-likeness (QED) is 0.358. The Morgan fingerprint density at radius 2 is 1.58 bits per heavy atom. The fourth-order valence-electron chi connectivity index (χ4n) is 3.86. The molecule has 0 radical (unpaired) electrons. The van der Waals surface area contributed by atoms with E-state index in [0.29, 0.717) is 22.5 Å². The molecule has 0 aliphatic carbocycles. The molecule has 1 aliphatic heterocycles. The second-order valence-corrected chi connectivity index (χ2v) is 7.56. The SMILES string of the molecule is Cc1cccc2nc(COC(=O)c3cccc(N4C(=O)c5ccccc5C4=O)c3)cc(=O)n12. The third-order valence-corrected chi connectivity index (χ3v) is 5.42. The molecular weight excluding hydrogens is 422 g/mol. The van der Waals surface area contributed by atoms with E-state index < -0.39 is 17.8 Å². The van der Waals surface area contributed by atoms with Crippen LogP contribution in [0.2, 0.25) is 0 Å². The first-order valence-electron chi connectivity index (χ1n) is 10.2. The summed E-state index contributed by atoms with van der Waals surface area (Å²) in [6, 6.07) is 19.3. The van der Waals surface area contributed by atoms with E-state index in [1.165, 1.54) is 22.6 Å². The molecule has 0 unspecified atom stereocenters. The molecule has 8 heteroatoms. The van der Waals surface area contributed by atoms with Gasteiger partial charge in [-0.15, -0.1) is 0 Å². The number of fused-ring (bicyclic) bond motifs is 2. The Morgan fingerprint density at radius 1 is 0.879 bits per heavy atom. The van der Waals surface area contributed by atoms with E-state index in [2.05, 4.69) is 4.98 Å². The minimum atomic E-state index is -0.667. The number of hydrogen-bond acceptors (Lipinski definition) is 6. The van der Waals surface area contributed by atoms with Gasteiger partial charge in [0.05, 0.1) is 28.1 Å². The third-order valence-electron chi connectivity index (χ3n) is 5.42. The van der Waals surface area contributed by atoms with E-state index in [0.717, 1.165) is 10.6 Å². The number of hydrogen-bond donors (Lipinski definition) is 0. The van der Waals surface area contributed by atoms with Crippen LogP contribution < -0.4 is 10.5 Å². The highest BCUT2D eigenvalue weighted by Gasteiger charge is 2.36. The molecule has 162 valence electrons. The summed E-state index contributed by atoms with van der Waals surface area (Å²) < 4.78 is 6.81. The second kappa shape index (κ2) is 7.83. The van der Waals surface area contributed by atoms with E-state index in [4.69, 9.17) is 4.74 Å². The van der Waals surface area contributed by atoms with E-state index in [-0.39, 0.29) is 23.4 Å². The van der Waals surface area contributed by atoms with Crippen molar-refractivity contribution in [2.75, 3.05) is 4.90 Å². The van der Waals surface area contributed by atoms with Crippen molar-refractivity contribution in [1.82, 2.24) is 9.38 Å². The Kier molecular flexibility index (Phi) is 4.82. The lowest BCUT2D eigenvalue weighted by molar-refractivity contribution is 0.0467. The predicted molar refractivity (Wildman–Crippen MR) is 119 cm³/mol. The average Bonchev–Trinajstić information content (AvgIpc) is 3.07. The lowest BCUT2D eigenvalue weighted by Gasteiger charge is -2.15. The number of nitrogens with zero attached hydrogens (tertiary/aromatic N) is 3. The van der Waals surface area contributed by atoms with Crippen molar-refractivity contribution in [2.24, 2.45) is 0 Å². The number of anilines is 1. The molecular formula is C25H17N3O5. The van der Waals surface area contributed by atoms with Crippen LogP contribution in [-0.4, -0.2) is 27.2 Å². The maximum Gasteiger partial charge on any atom is 0.338 e. The molecule has 0 fully saturated rings. The number of aromatic nitrogens is 2. The Hall–Kier alpha value is -4.59. The Labute approximate surface area is 187 Å². The lowest BCUT2D eigenvalue weighted by Crippen LogP contribution is -2.29. The standard InChI is InChI=1S/C25H17N3O5/c1-15-6-4-11-21-26-17(13-22(29)27(15)21)14-33-25(32)16-7-5-8-18(12-16)28-23(30)19-9-2-3-10-20(19)24(28)31/h2-13H,14H2,1H3. The zero-order valence-electron chi connectivity index (χ0n) is 17.5. The van der Waals surface area contributed by atoms with Crippen LogP contribution in [0.5, 0.6) is 0 Å². The van der Waals surface area contributed by atoms with Crippen LogP contribution in [0.3, 0.4) is 0 Å². The summed E-state index contributed by atoms with van der Waals surface area (Å²) in [7, 11) is 0. The van der Waals surface area contributed by atoms with Crippen LogP contribution in [-0.2, 0) is 11.3 Å². The third kappa shape index (κ3) is 3.47. The molecule has 33 heavy (non-hydrogen) atoms. The Morgan fingerprint density at radius 3 is 2.30 bits per heavy atom. The first kappa shape index (κ1) is 20.3. The van der Waals surface area contributed by atoms with Gasteiger partial charge in [-0.05, 0) is 49.4 Å². The van der Waals surface area contributed by atoms with Crippen molar-refractivity contribution in [3.05, 3.63) is 111 Å². The Balaban J connectivity index is 1.36. The van der Waals surface area contributed by atoms with Crippen LogP contribution in [0.25, 0.3) is 5.65 Å². The smallest absolute Gasteiger partial charge is 0.338 e. The number of rotatable bonds is 4. The van der Waals surface area contributed by atoms with Gasteiger partial charge in [0.1, 0.15) is 12.3 Å². The molecule has 2 amide bonds. The predicted octanol–water partition coefficient (Wildman–Crippen LogP) is 3.16. The summed E-state index contributed by atoms with van der Waals surface area (Å²) in [5.74, 6) is -1.56. The largest absolute Gasteiger partial charge is 0.456 e. The molecule has 0 bridgehead atoms. The molecule has 8 nitrogen and oxygen atoms in total. The van der Waals surface area contributed by atoms with Crippen LogP contribution in [0, 0.1) is 6.92 Å². The van der Waals surface area contributed by atoms with E-state index in [1.54, 1.807) is 61.5 Å². The first-order chi connectivity index (χ1) is 15.9. The van der Waals surface area contributed by atoms with Gasteiger partial charge in [-0.1, -0.05) is 24.3 Å². The van der Waals surface area contributed by atoms with Crippen molar-refractivity contribution in [3.63, 3.8) is 0 Å². The molecule has 0 atom stereocenters. The van der Waals surface area contributed by atoms with Gasteiger partial charge in [0.15, 0.2) is 0 Å². The fourth-order valence-corrected chi connectivity index (χ4v) is 3.86. The summed E-state index contributed by atoms with van der Waals surface area (Å²) in [5.41, 5.74) is 2.33. The first-order valence-corrected chi connectivity index (χ1v) is 10.2. The number of benzene rings is 2. The number of carbonyl (C=O) groups excluding carboxylic acids is 3. The summed E-state index contributed by atoms with van der Waals surface area (Å²) >= 11 is 0. The highest BCUT2D eigenvalue weighted by atomic mass is 16.5. The zero-order chi connectivity index (χ0) is 23.1. The molecule has 0 spiro atoms. The molecule has 4 aromatic rings. The van der Waals surface area contributed by atoms with Gasteiger partial charge in [-0.25, -0.2) is 14.7 Å². The van der Waals surface area contributed by atoms with E-state index in [1.807, 2.05) is 0 Å². The molecule has 0 N–H and O–H groups in total. The summed E-state index contributed by atoms with van der Waals surface area (Å²) in [4.78, 5) is 55.9. The second-order valence-electron chi connectivity index (χ2n) is 7.56. The number of imide groups is 1. The van der Waals surface area contributed by atoms with Crippen LogP contribution in [0.4, 0.5) is 5.69 Å². The molecule has 0 saturated heterocycles. The van der Waals surface area contributed by atoms with E-state index >= 15 is 0 Å². The van der Waals surface area contributed by atoms with Crippen molar-refractivity contribution in [2.45, 2.75) is 13.5 Å². The van der Waals surface area contributed by atoms with Gasteiger partial charge >= 0.3 is 5.97 Å². The van der Waals surface area contributed by atoms with Gasteiger partial charge in [-0.2, -0.15) is 0 Å². The van der Waals surface area contributed by atoms with Gasteiger partial charge < -0.3 is 4.74 Å². The number of ether oxygens (including phenoxy) is 1. The highest BCUT2D eigenvalue weighted by molar-refractivity contribution is 6.34. The number of carbonyl (C=O) groups is 3. The number of esters is 1. The number of amides is 2. The van der Waals surface area contributed by atoms with Crippen molar-refractivity contribution in [1.29, 1.82) is 0 Å². The summed E-state index contributed by atoms with van der Waals surface area (Å²) in [5, 5.41) is 0. The normalized spacial score (nSPS) is 12.8. The fraction of sp³-hybridized carbons (Fsp3) is 0.0800. The van der Waals surface area contributed by atoms with Crippen LogP contribution in [0.15, 0.2) is 77.6 Å². The highest BCUT2D eigenvalue weighted by Crippen LogP contribution is 2.28. The van der Waals surface area contributed by atoms with Crippen molar-refractivity contribution < 1.29 is 19.1 Å². The lowest BCUT2D eigenvalue weighted by atomic mass is 10.1. The molecule has 1 aliphatic rings. The Bertz CT molecular complexity index is 1490. The summed E-state index contributed by atoms with van der Waals surface area (Å²) in [6.07, 6.45) is 0. The van der Waals surface area contributed by atoms with Crippen molar-refractivity contribution >= 4 is 29.1 Å². The van der Waals surface area contributed by atoms with Crippen LogP contribution in [0.1, 0.15) is 42.5 Å². The minimum absolute atomic E-state index is 0.164. The van der Waals surface area contributed by atoms with Gasteiger partial charge in [-0.3, -0.25) is 18.8 Å². The van der Waals surface area contributed by atoms with Gasteiger partial charge in [0.2, 0.25) is 0 Å². The maximum absolute atomic E-state index is 12.7. The zero-order valence-corrected chi connectivity index (χ0v) is 17.5. The van der Waals surface area contributed by atoms with Gasteiger partial charge in [0.25, 0.3) is 17.4 Å². The van der Waals surface area contributed by atoms with Gasteiger partial charge in [0, 0.05) is 11.8 Å². The number of aryl methyl sites for hydroxylation is 1. The molecule has 2 aromatic heterocycles. The number of pyridine rings is 1. The molecule has 5 rings (SSSR count). The molecule has 3 heterocycles. The summed E-state index contributed by atoms with van der Waals surface area (Å²) in [6.45, 7) is 1.60. The monoisotopic (exact) mass is 439 g/mol. The maximum atomic E-state index is 12.7. The van der Waals surface area contributed by atoms with Crippen molar-refractivity contribution in [3.8, 4) is 0 Å². The van der Waals surface area contributed by atoms with Crippen LogP contribution >= 0.6 is 0 Å². The molecule has 2 aromatic carbocycles. The topological polar surface area (TPSA) is 98.0 Å². The molecule has 0 saturated carbocycles. The van der Waals surface area contributed by atoms with E-state index in [9.17, 15) is 19.2 Å².